The summed E-state index contributed by atoms with van der Waals surface area (Å²) in [7, 11) is 1.64. The highest BCUT2D eigenvalue weighted by molar-refractivity contribution is 5.74. The molecule has 0 unspecified atom stereocenters. The van der Waals surface area contributed by atoms with Crippen molar-refractivity contribution < 1.29 is 19.0 Å². The molecule has 2 fully saturated rings. The van der Waals surface area contributed by atoms with Gasteiger partial charge in [-0.3, -0.25) is 0 Å². The van der Waals surface area contributed by atoms with Crippen LogP contribution in [0.4, 0.5) is 10.7 Å². The minimum Gasteiger partial charge on any atom is -0.497 e. The number of benzene rings is 2. The molecule has 3 heterocycles. The second-order valence-corrected chi connectivity index (χ2v) is 8.26. The number of fused-ring (bicyclic) bond motifs is 1. The molecule has 0 spiro atoms. The summed E-state index contributed by atoms with van der Waals surface area (Å²) >= 11 is 0. The monoisotopic (exact) mass is 461 g/mol. The third-order valence-electron chi connectivity index (χ3n) is 6.02. The molecular formula is C25H27N5O4. The Morgan fingerprint density at radius 3 is 2.50 bits per heavy atom. The fraction of sp³-hybridized carbons (Fsp3) is 0.320. The number of amides is 2. The van der Waals surface area contributed by atoms with Gasteiger partial charge in [0, 0.05) is 18.3 Å². The number of carbonyl (C=O) groups is 1. The third-order valence-corrected chi connectivity index (χ3v) is 6.02. The van der Waals surface area contributed by atoms with Crippen LogP contribution >= 0.6 is 0 Å². The van der Waals surface area contributed by atoms with Gasteiger partial charge in [0.15, 0.2) is 0 Å². The Morgan fingerprint density at radius 1 is 1.00 bits per heavy atom. The van der Waals surface area contributed by atoms with E-state index in [2.05, 4.69) is 25.9 Å². The number of anilines is 1. The minimum atomic E-state index is -0.242. The summed E-state index contributed by atoms with van der Waals surface area (Å²) < 4.78 is 17.2. The Balaban J connectivity index is 1.16. The van der Waals surface area contributed by atoms with E-state index in [4.69, 9.17) is 14.2 Å². The average molecular weight is 462 g/mol. The van der Waals surface area contributed by atoms with Gasteiger partial charge >= 0.3 is 6.03 Å². The standard InChI is InChI=1S/C25H27N5O4/c1-32-18-9-7-17(8-10-18)19-11-12-26-24(28-19)29-20-14-33-23-21(15-34-22(20)23)30-25(31)27-13-16-5-3-2-4-6-16/h2-12,20-23H,13-15H2,1H3,(H,26,28,29)(H2,27,30,31)/t20-,21-,22+,23+/m0/s1. The lowest BCUT2D eigenvalue weighted by Gasteiger charge is -2.18. The van der Waals surface area contributed by atoms with Crippen LogP contribution in [0.2, 0.25) is 0 Å². The Labute approximate surface area is 197 Å². The van der Waals surface area contributed by atoms with Crippen LogP contribution in [0, 0.1) is 0 Å². The number of rotatable bonds is 7. The van der Waals surface area contributed by atoms with Crippen molar-refractivity contribution in [2.24, 2.45) is 0 Å². The van der Waals surface area contributed by atoms with Crippen molar-refractivity contribution in [2.45, 2.75) is 30.8 Å². The van der Waals surface area contributed by atoms with Crippen LogP contribution < -0.4 is 20.7 Å². The maximum Gasteiger partial charge on any atom is 0.315 e. The first-order chi connectivity index (χ1) is 16.7. The Hall–Kier alpha value is -3.69. The van der Waals surface area contributed by atoms with E-state index in [0.29, 0.717) is 25.7 Å². The third kappa shape index (κ3) is 4.95. The van der Waals surface area contributed by atoms with Crippen molar-refractivity contribution in [2.75, 3.05) is 25.6 Å². The van der Waals surface area contributed by atoms with Crippen molar-refractivity contribution in [3.8, 4) is 17.0 Å². The van der Waals surface area contributed by atoms with Crippen molar-refractivity contribution >= 4 is 12.0 Å². The highest BCUT2D eigenvalue weighted by Gasteiger charge is 2.48. The zero-order valence-electron chi connectivity index (χ0n) is 18.8. The van der Waals surface area contributed by atoms with Gasteiger partial charge in [-0.05, 0) is 35.9 Å². The molecule has 4 atom stereocenters. The van der Waals surface area contributed by atoms with Gasteiger partial charge in [-0.2, -0.15) is 0 Å². The predicted octanol–water partition coefficient (Wildman–Crippen LogP) is 2.60. The number of nitrogens with one attached hydrogen (secondary N) is 3. The molecule has 1 aromatic heterocycles. The summed E-state index contributed by atoms with van der Waals surface area (Å²) in [4.78, 5) is 21.4. The second-order valence-electron chi connectivity index (χ2n) is 8.26. The lowest BCUT2D eigenvalue weighted by molar-refractivity contribution is 0.0682. The predicted molar refractivity (Wildman–Crippen MR) is 127 cm³/mol. The van der Waals surface area contributed by atoms with Crippen molar-refractivity contribution in [1.82, 2.24) is 20.6 Å². The van der Waals surface area contributed by atoms with Gasteiger partial charge in [-0.25, -0.2) is 14.8 Å². The normalized spacial score (nSPS) is 23.2. The molecule has 0 radical (unpaired) electrons. The van der Waals surface area contributed by atoms with Crippen LogP contribution in [0.25, 0.3) is 11.3 Å². The lowest BCUT2D eigenvalue weighted by atomic mass is 10.1. The van der Waals surface area contributed by atoms with Gasteiger partial charge in [0.1, 0.15) is 18.0 Å². The molecule has 34 heavy (non-hydrogen) atoms. The van der Waals surface area contributed by atoms with Crippen LogP contribution in [0.15, 0.2) is 66.9 Å². The zero-order valence-corrected chi connectivity index (χ0v) is 18.8. The summed E-state index contributed by atoms with van der Waals surface area (Å²) in [6.45, 7) is 1.29. The minimum absolute atomic E-state index is 0.115. The molecule has 9 heteroatoms. The largest absolute Gasteiger partial charge is 0.497 e. The number of nitrogens with zero attached hydrogens (tertiary/aromatic N) is 2. The van der Waals surface area contributed by atoms with Crippen molar-refractivity contribution in [3.05, 3.63) is 72.4 Å². The van der Waals surface area contributed by atoms with Crippen molar-refractivity contribution in [1.29, 1.82) is 0 Å². The topological polar surface area (TPSA) is 107 Å². The molecule has 2 amide bonds. The Morgan fingerprint density at radius 2 is 1.74 bits per heavy atom. The molecule has 2 saturated heterocycles. The maximum absolute atomic E-state index is 12.4. The first kappa shape index (κ1) is 22.1. The fourth-order valence-electron chi connectivity index (χ4n) is 4.26. The van der Waals surface area contributed by atoms with Crippen molar-refractivity contribution in [3.63, 3.8) is 0 Å². The second kappa shape index (κ2) is 10.1. The first-order valence-electron chi connectivity index (χ1n) is 11.2. The molecule has 2 aliphatic rings. The number of ether oxygens (including phenoxy) is 3. The molecule has 0 saturated carbocycles. The highest BCUT2D eigenvalue weighted by atomic mass is 16.6. The Kier molecular flexibility index (Phi) is 6.55. The molecule has 9 nitrogen and oxygen atoms in total. The van der Waals surface area contributed by atoms with Crippen LogP contribution in [0.1, 0.15) is 5.56 Å². The molecular weight excluding hydrogens is 434 g/mol. The number of methoxy groups -OCH3 is 1. The van der Waals surface area contributed by atoms with Gasteiger partial charge in [0.2, 0.25) is 5.95 Å². The maximum atomic E-state index is 12.4. The van der Waals surface area contributed by atoms with Crippen LogP contribution in [0.3, 0.4) is 0 Å². The summed E-state index contributed by atoms with van der Waals surface area (Å²) in [5, 5.41) is 9.20. The van der Waals surface area contributed by atoms with E-state index in [-0.39, 0.29) is 30.3 Å². The van der Waals surface area contributed by atoms with E-state index in [1.54, 1.807) is 13.3 Å². The molecule has 2 aliphatic heterocycles. The van der Waals surface area contributed by atoms with Gasteiger partial charge < -0.3 is 30.2 Å². The summed E-state index contributed by atoms with van der Waals surface area (Å²) in [5.74, 6) is 1.30. The molecule has 176 valence electrons. The van der Waals surface area contributed by atoms with Crippen LogP contribution in [-0.2, 0) is 16.0 Å². The Bertz CT molecular complexity index is 1110. The number of urea groups is 1. The first-order valence-corrected chi connectivity index (χ1v) is 11.2. The van der Waals surface area contributed by atoms with E-state index in [1.165, 1.54) is 0 Å². The van der Waals surface area contributed by atoms with E-state index in [0.717, 1.165) is 22.6 Å². The number of hydrogen-bond acceptors (Lipinski definition) is 7. The number of aromatic nitrogens is 2. The SMILES string of the molecule is COc1ccc(-c2ccnc(N[C@H]3CO[C@H]4[C@@H]3OC[C@@H]4NC(=O)NCc3ccccc3)n2)cc1. The smallest absolute Gasteiger partial charge is 0.315 e. The quantitative estimate of drug-likeness (QED) is 0.497. The van der Waals surface area contributed by atoms with Crippen LogP contribution in [-0.4, -0.2) is 60.6 Å². The van der Waals surface area contributed by atoms with Gasteiger partial charge in [0.25, 0.3) is 0 Å². The summed E-state index contributed by atoms with van der Waals surface area (Å²) in [6, 6.07) is 18.8. The lowest BCUT2D eigenvalue weighted by Crippen LogP contribution is -2.48. The van der Waals surface area contributed by atoms with E-state index in [1.807, 2.05) is 60.7 Å². The molecule has 3 N–H and O–H groups in total. The van der Waals surface area contributed by atoms with Crippen LogP contribution in [0.5, 0.6) is 5.75 Å². The highest BCUT2D eigenvalue weighted by Crippen LogP contribution is 2.29. The fourth-order valence-corrected chi connectivity index (χ4v) is 4.26. The number of hydrogen-bond donors (Lipinski definition) is 3. The molecule has 5 rings (SSSR count). The summed E-state index contributed by atoms with van der Waals surface area (Å²) in [5.41, 5.74) is 2.81. The zero-order chi connectivity index (χ0) is 23.3. The van der Waals surface area contributed by atoms with Gasteiger partial charge in [-0.1, -0.05) is 30.3 Å². The number of carbonyl (C=O) groups excluding carboxylic acids is 1. The van der Waals surface area contributed by atoms with Gasteiger partial charge in [0.05, 0.1) is 38.1 Å². The average Bonchev–Trinajstić information content (AvgIpc) is 3.47. The summed E-state index contributed by atoms with van der Waals surface area (Å²) in [6.07, 6.45) is 1.29. The van der Waals surface area contributed by atoms with E-state index >= 15 is 0 Å². The van der Waals surface area contributed by atoms with Gasteiger partial charge in [-0.15, -0.1) is 0 Å². The molecule has 2 aromatic carbocycles. The van der Waals surface area contributed by atoms with E-state index < -0.39 is 0 Å². The molecule has 3 aromatic rings. The van der Waals surface area contributed by atoms with E-state index in [9.17, 15) is 4.79 Å². The molecule has 0 aliphatic carbocycles. The molecule has 0 bridgehead atoms.